The van der Waals surface area contributed by atoms with Crippen LogP contribution in [0.1, 0.15) is 0 Å². The van der Waals surface area contributed by atoms with Crippen molar-refractivity contribution in [2.45, 2.75) is 0 Å². The summed E-state index contributed by atoms with van der Waals surface area (Å²) in [5, 5.41) is 0.370. The number of hydrogen-bond donors (Lipinski definition) is 3. The molecule has 0 heterocycles. The monoisotopic (exact) mass is 271 g/mol. The summed E-state index contributed by atoms with van der Waals surface area (Å²) in [4.78, 5) is 7.58. The Kier molecular flexibility index (Phi) is 4.61. The third kappa shape index (κ3) is 3.42. The van der Waals surface area contributed by atoms with E-state index < -0.39 is 0 Å². The Morgan fingerprint density at radius 1 is 1.11 bits per heavy atom. The molecule has 0 radical (unpaired) electrons. The molecule has 1 aromatic rings. The van der Waals surface area contributed by atoms with Crippen molar-refractivity contribution >= 4 is 29.2 Å². The maximum Gasteiger partial charge on any atom is 0.223 e. The van der Waals surface area contributed by atoms with Crippen LogP contribution in [0.3, 0.4) is 0 Å². The molecule has 0 atom stereocenters. The Bertz CT molecular complexity index is 497. The molecule has 1 rings (SSSR count). The van der Waals surface area contributed by atoms with Gasteiger partial charge in [0.2, 0.25) is 5.96 Å². The highest BCUT2D eigenvalue weighted by molar-refractivity contribution is 6.32. The quantitative estimate of drug-likeness (QED) is 0.548. The summed E-state index contributed by atoms with van der Waals surface area (Å²) in [7, 11) is 2.98. The number of methoxy groups -OCH3 is 2. The average Bonchev–Trinajstić information content (AvgIpc) is 2.28. The summed E-state index contributed by atoms with van der Waals surface area (Å²) < 4.78 is 10.2. The molecule has 0 aliphatic carbocycles. The molecule has 0 amide bonds. The van der Waals surface area contributed by atoms with E-state index in [0.29, 0.717) is 22.2 Å². The molecule has 0 saturated heterocycles. The van der Waals surface area contributed by atoms with E-state index >= 15 is 0 Å². The number of ether oxygens (including phenoxy) is 2. The van der Waals surface area contributed by atoms with E-state index in [9.17, 15) is 0 Å². The second kappa shape index (κ2) is 5.97. The summed E-state index contributed by atoms with van der Waals surface area (Å²) in [5.41, 5.74) is 16.3. The van der Waals surface area contributed by atoms with Crippen molar-refractivity contribution in [1.29, 1.82) is 0 Å². The second-order valence-electron chi connectivity index (χ2n) is 3.17. The van der Waals surface area contributed by atoms with Crippen molar-refractivity contribution in [2.75, 3.05) is 14.2 Å². The average molecular weight is 272 g/mol. The fourth-order valence-electron chi connectivity index (χ4n) is 1.21. The number of aliphatic imine (C=N–C) groups is 2. The van der Waals surface area contributed by atoms with Crippen molar-refractivity contribution < 1.29 is 9.47 Å². The molecule has 98 valence electrons. The van der Waals surface area contributed by atoms with E-state index in [1.165, 1.54) is 20.3 Å². The Morgan fingerprint density at radius 3 is 2.22 bits per heavy atom. The standard InChI is InChI=1S/C10H14ClN5O2/c1-17-7-4-8(18-2)6(3-5(7)11)15-10(14)16-9(12)13/h3-4H,1-2H3,(H6,12,13,14,15,16). The Balaban J connectivity index is 3.24. The van der Waals surface area contributed by atoms with Gasteiger partial charge in [-0.1, -0.05) is 11.6 Å². The maximum atomic E-state index is 5.97. The number of halogens is 1. The number of nitrogens with zero attached hydrogens (tertiary/aromatic N) is 2. The zero-order valence-corrected chi connectivity index (χ0v) is 10.7. The summed E-state index contributed by atoms with van der Waals surface area (Å²) in [6.45, 7) is 0. The van der Waals surface area contributed by atoms with Gasteiger partial charge in [0, 0.05) is 6.07 Å². The molecule has 0 spiro atoms. The molecule has 1 aromatic carbocycles. The minimum absolute atomic E-state index is 0.102. The normalized spacial score (nSPS) is 10.9. The van der Waals surface area contributed by atoms with Gasteiger partial charge in [-0.25, -0.2) is 4.99 Å². The lowest BCUT2D eigenvalue weighted by atomic mass is 10.3. The number of nitrogens with two attached hydrogens (primary N) is 3. The Morgan fingerprint density at radius 2 is 1.72 bits per heavy atom. The number of benzene rings is 1. The SMILES string of the molecule is COc1cc(OC)c(N=C(N)N=C(N)N)cc1Cl. The molecule has 0 aliphatic heterocycles. The summed E-state index contributed by atoms with van der Waals surface area (Å²) >= 11 is 5.97. The van der Waals surface area contributed by atoms with E-state index in [-0.39, 0.29) is 11.9 Å². The van der Waals surface area contributed by atoms with Crippen molar-refractivity contribution in [3.63, 3.8) is 0 Å². The third-order valence-corrected chi connectivity index (χ3v) is 2.23. The van der Waals surface area contributed by atoms with Gasteiger partial charge in [0.1, 0.15) is 17.2 Å². The van der Waals surface area contributed by atoms with E-state index in [1.807, 2.05) is 0 Å². The van der Waals surface area contributed by atoms with Crippen LogP contribution in [0.15, 0.2) is 22.1 Å². The first-order valence-corrected chi connectivity index (χ1v) is 5.21. The van der Waals surface area contributed by atoms with Crippen LogP contribution in [-0.2, 0) is 0 Å². The number of rotatable bonds is 3. The highest BCUT2D eigenvalue weighted by Crippen LogP contribution is 2.37. The van der Waals surface area contributed by atoms with Gasteiger partial charge in [0.15, 0.2) is 5.96 Å². The van der Waals surface area contributed by atoms with Crippen molar-refractivity contribution in [1.82, 2.24) is 0 Å². The van der Waals surface area contributed by atoms with Gasteiger partial charge in [-0.15, -0.1) is 0 Å². The van der Waals surface area contributed by atoms with Crippen LogP contribution in [0.4, 0.5) is 5.69 Å². The molecule has 0 bridgehead atoms. The van der Waals surface area contributed by atoms with E-state index in [4.69, 9.17) is 38.3 Å². The molecule has 0 saturated carbocycles. The van der Waals surface area contributed by atoms with Crippen LogP contribution >= 0.6 is 11.6 Å². The molecule has 6 N–H and O–H groups in total. The molecule has 7 nitrogen and oxygen atoms in total. The summed E-state index contributed by atoms with van der Waals surface area (Å²) in [6, 6.07) is 3.12. The lowest BCUT2D eigenvalue weighted by Crippen LogP contribution is -2.26. The second-order valence-corrected chi connectivity index (χ2v) is 3.57. The predicted octanol–water partition coefficient (Wildman–Crippen LogP) is 0.577. The first kappa shape index (κ1) is 13.9. The first-order chi connectivity index (χ1) is 8.47. The lowest BCUT2D eigenvalue weighted by molar-refractivity contribution is 0.395. The van der Waals surface area contributed by atoms with Gasteiger partial charge >= 0.3 is 0 Å². The number of hydrogen-bond acceptors (Lipinski definition) is 3. The third-order valence-electron chi connectivity index (χ3n) is 1.93. The van der Waals surface area contributed by atoms with Gasteiger partial charge in [-0.05, 0) is 6.07 Å². The number of guanidine groups is 2. The fraction of sp³-hybridized carbons (Fsp3) is 0.200. The van der Waals surface area contributed by atoms with Gasteiger partial charge in [-0.2, -0.15) is 4.99 Å². The Labute approximate surface area is 109 Å². The highest BCUT2D eigenvalue weighted by Gasteiger charge is 2.09. The van der Waals surface area contributed by atoms with Crippen LogP contribution in [0.5, 0.6) is 11.5 Å². The zero-order valence-electron chi connectivity index (χ0n) is 9.98. The van der Waals surface area contributed by atoms with Crippen LogP contribution in [0.25, 0.3) is 0 Å². The van der Waals surface area contributed by atoms with E-state index in [1.54, 1.807) is 6.07 Å². The molecule has 0 fully saturated rings. The molecule has 0 unspecified atom stereocenters. The summed E-state index contributed by atoms with van der Waals surface area (Å²) in [6.07, 6.45) is 0. The minimum Gasteiger partial charge on any atom is -0.495 e. The van der Waals surface area contributed by atoms with Gasteiger partial charge < -0.3 is 26.7 Å². The van der Waals surface area contributed by atoms with Crippen LogP contribution in [0, 0.1) is 0 Å². The molecule has 0 aromatic heterocycles. The topological polar surface area (TPSA) is 121 Å². The minimum atomic E-state index is -0.185. The summed E-state index contributed by atoms with van der Waals surface area (Å²) in [5.74, 6) is 0.613. The largest absolute Gasteiger partial charge is 0.495 e. The molecule has 18 heavy (non-hydrogen) atoms. The van der Waals surface area contributed by atoms with Crippen LogP contribution < -0.4 is 26.7 Å². The first-order valence-electron chi connectivity index (χ1n) is 4.83. The lowest BCUT2D eigenvalue weighted by Gasteiger charge is -2.09. The molecular weight excluding hydrogens is 258 g/mol. The van der Waals surface area contributed by atoms with Gasteiger partial charge in [-0.3, -0.25) is 0 Å². The molecule has 8 heteroatoms. The maximum absolute atomic E-state index is 5.97. The molecular formula is C10H14ClN5O2. The fourth-order valence-corrected chi connectivity index (χ4v) is 1.45. The smallest absolute Gasteiger partial charge is 0.223 e. The van der Waals surface area contributed by atoms with Crippen molar-refractivity contribution in [3.05, 3.63) is 17.2 Å². The van der Waals surface area contributed by atoms with Gasteiger partial charge in [0.05, 0.1) is 19.2 Å². The zero-order chi connectivity index (χ0) is 13.7. The van der Waals surface area contributed by atoms with Crippen LogP contribution in [0.2, 0.25) is 5.02 Å². The van der Waals surface area contributed by atoms with Crippen molar-refractivity contribution in [2.24, 2.45) is 27.2 Å². The van der Waals surface area contributed by atoms with E-state index in [2.05, 4.69) is 9.98 Å². The predicted molar refractivity (Wildman–Crippen MR) is 71.6 cm³/mol. The molecule has 0 aliphatic rings. The van der Waals surface area contributed by atoms with Crippen LogP contribution in [-0.4, -0.2) is 26.1 Å². The van der Waals surface area contributed by atoms with E-state index in [0.717, 1.165) is 0 Å². The Hall–Kier alpha value is -2.15. The highest BCUT2D eigenvalue weighted by atomic mass is 35.5. The van der Waals surface area contributed by atoms with Gasteiger partial charge in [0.25, 0.3) is 0 Å². The van der Waals surface area contributed by atoms with Crippen molar-refractivity contribution in [3.8, 4) is 11.5 Å².